The Kier molecular flexibility index (Phi) is 6.22. The molecule has 0 fully saturated rings. The van der Waals surface area contributed by atoms with Gasteiger partial charge in [0.1, 0.15) is 23.0 Å². The fourth-order valence-electron chi connectivity index (χ4n) is 4.82. The Hall–Kier alpha value is -4.84. The number of halogens is 2. The Labute approximate surface area is 233 Å². The van der Waals surface area contributed by atoms with Gasteiger partial charge in [-0.15, -0.1) is 10.2 Å². The predicted molar refractivity (Wildman–Crippen MR) is 150 cm³/mol. The number of aromatic nitrogens is 2. The maximum Gasteiger partial charge on any atom is 0.255 e. The predicted octanol–water partition coefficient (Wildman–Crippen LogP) is 5.28. The number of nitrogens with one attached hydrogen (secondary N) is 1. The van der Waals surface area contributed by atoms with Crippen LogP contribution in [-0.4, -0.2) is 44.9 Å². The molecule has 6 rings (SSSR count). The fraction of sp³-hybridized carbons (Fsp3) is 0.138. The van der Waals surface area contributed by atoms with Crippen molar-refractivity contribution in [2.75, 3.05) is 24.7 Å². The smallest absolute Gasteiger partial charge is 0.255 e. The summed E-state index contributed by atoms with van der Waals surface area (Å²) in [5.74, 6) is -0.988. The highest BCUT2D eigenvalue weighted by Crippen LogP contribution is 2.42. The third kappa shape index (κ3) is 4.55. The third-order valence-corrected chi connectivity index (χ3v) is 8.17. The molecule has 41 heavy (non-hydrogen) atoms. The number of amides is 1. The normalized spacial score (nSPS) is 12.9. The van der Waals surface area contributed by atoms with E-state index >= 15 is 0 Å². The molecule has 12 heteroatoms. The molecule has 1 N–H and O–H groups in total. The molecule has 1 aliphatic carbocycles. The van der Waals surface area contributed by atoms with Crippen LogP contribution in [0.5, 0.6) is 0 Å². The van der Waals surface area contributed by atoms with Crippen molar-refractivity contribution < 1.29 is 30.8 Å². The minimum atomic E-state index is -3.76. The molecule has 1 amide bonds. The Balaban J connectivity index is 1.54. The second kappa shape index (κ2) is 9.66. The second-order valence-electron chi connectivity index (χ2n) is 9.56. The first-order valence-electron chi connectivity index (χ1n) is 12.4. The van der Waals surface area contributed by atoms with Crippen LogP contribution in [-0.2, 0) is 16.4 Å². The van der Waals surface area contributed by atoms with E-state index in [1.165, 1.54) is 50.5 Å². The van der Waals surface area contributed by atoms with Crippen molar-refractivity contribution in [2.24, 2.45) is 0 Å². The minimum absolute atomic E-state index is 0.0166. The number of carbonyl (C=O) groups is 1. The van der Waals surface area contributed by atoms with Crippen molar-refractivity contribution in [3.63, 3.8) is 0 Å². The number of hydrogen-bond donors (Lipinski definition) is 1. The molecule has 1 aliphatic rings. The molecule has 5 aromatic rings. The van der Waals surface area contributed by atoms with Crippen LogP contribution in [0.25, 0.3) is 45.4 Å². The van der Waals surface area contributed by atoms with Gasteiger partial charge in [-0.3, -0.25) is 9.10 Å². The van der Waals surface area contributed by atoms with E-state index < -0.39 is 21.7 Å². The lowest BCUT2D eigenvalue weighted by Gasteiger charge is -2.19. The molecule has 0 unspecified atom stereocenters. The highest BCUT2D eigenvalue weighted by atomic mass is 32.2. The Morgan fingerprint density at radius 2 is 1.76 bits per heavy atom. The van der Waals surface area contributed by atoms with Gasteiger partial charge in [0.25, 0.3) is 5.91 Å². The maximum absolute atomic E-state index is 14.3. The average Bonchev–Trinajstić information content (AvgIpc) is 3.68. The van der Waals surface area contributed by atoms with Crippen molar-refractivity contribution in [3.8, 4) is 22.8 Å². The summed E-state index contributed by atoms with van der Waals surface area (Å²) >= 11 is 0. The van der Waals surface area contributed by atoms with Gasteiger partial charge in [-0.25, -0.2) is 17.2 Å². The van der Waals surface area contributed by atoms with Crippen molar-refractivity contribution in [1.82, 2.24) is 15.5 Å². The van der Waals surface area contributed by atoms with Crippen LogP contribution in [0.3, 0.4) is 0 Å². The number of anilines is 1. The van der Waals surface area contributed by atoms with Crippen LogP contribution in [0.2, 0.25) is 0 Å². The van der Waals surface area contributed by atoms with E-state index in [1.54, 1.807) is 18.2 Å². The van der Waals surface area contributed by atoms with Gasteiger partial charge >= 0.3 is 0 Å². The summed E-state index contributed by atoms with van der Waals surface area (Å²) in [6.07, 6.45) is 3.06. The van der Waals surface area contributed by atoms with Gasteiger partial charge in [-0.1, -0.05) is 12.1 Å². The molecule has 0 atom stereocenters. The summed E-state index contributed by atoms with van der Waals surface area (Å²) < 4.78 is 66.2. The first-order chi connectivity index (χ1) is 19.5. The van der Waals surface area contributed by atoms with E-state index in [1.807, 2.05) is 6.07 Å². The third-order valence-electron chi connectivity index (χ3n) is 6.98. The summed E-state index contributed by atoms with van der Waals surface area (Å²) in [4.78, 5) is 13.0. The van der Waals surface area contributed by atoms with Crippen LogP contribution in [0.15, 0.2) is 63.4 Å². The molecular formula is C29H22F2N4O5S. The Morgan fingerprint density at radius 1 is 1.02 bits per heavy atom. The summed E-state index contributed by atoms with van der Waals surface area (Å²) in [6.45, 7) is 0. The molecule has 0 radical (unpaired) electrons. The van der Waals surface area contributed by atoms with E-state index in [4.69, 9.17) is 8.83 Å². The fourth-order valence-corrected chi connectivity index (χ4v) is 5.33. The van der Waals surface area contributed by atoms with Gasteiger partial charge in [-0.2, -0.15) is 0 Å². The average molecular weight is 577 g/mol. The number of hydrogen-bond acceptors (Lipinski definition) is 7. The molecular weight excluding hydrogens is 554 g/mol. The van der Waals surface area contributed by atoms with Crippen molar-refractivity contribution in [2.45, 2.75) is 6.42 Å². The number of sulfonamides is 1. The molecule has 0 saturated carbocycles. The topological polar surface area (TPSA) is 119 Å². The number of fused-ring (bicyclic) bond motifs is 2. The molecule has 2 aromatic heterocycles. The highest BCUT2D eigenvalue weighted by molar-refractivity contribution is 7.92. The van der Waals surface area contributed by atoms with Crippen LogP contribution in [0, 0.1) is 11.6 Å². The Bertz CT molecular complexity index is 2000. The van der Waals surface area contributed by atoms with Gasteiger partial charge in [0.05, 0.1) is 23.1 Å². The number of carbonyl (C=O) groups excluding carboxylic acids is 1. The number of furan rings is 1. The van der Waals surface area contributed by atoms with Crippen molar-refractivity contribution in [3.05, 3.63) is 88.8 Å². The lowest BCUT2D eigenvalue weighted by Crippen LogP contribution is -2.25. The molecule has 0 aliphatic heterocycles. The monoisotopic (exact) mass is 576 g/mol. The van der Waals surface area contributed by atoms with E-state index in [-0.39, 0.29) is 45.8 Å². The van der Waals surface area contributed by atoms with Crippen LogP contribution in [0.4, 0.5) is 14.5 Å². The maximum atomic E-state index is 14.3. The molecule has 0 bridgehead atoms. The van der Waals surface area contributed by atoms with Crippen LogP contribution in [0.1, 0.15) is 27.4 Å². The zero-order chi connectivity index (χ0) is 29.1. The van der Waals surface area contributed by atoms with Gasteiger partial charge in [0.15, 0.2) is 0 Å². The summed E-state index contributed by atoms with van der Waals surface area (Å²) in [5.41, 5.74) is 3.03. The lowest BCUT2D eigenvalue weighted by atomic mass is 10.0. The zero-order valence-electron chi connectivity index (χ0n) is 22.0. The second-order valence-corrected chi connectivity index (χ2v) is 11.6. The largest absolute Gasteiger partial charge is 0.455 e. The highest BCUT2D eigenvalue weighted by Gasteiger charge is 2.28. The number of rotatable bonds is 6. The van der Waals surface area contributed by atoms with Gasteiger partial charge in [-0.05, 0) is 48.0 Å². The molecule has 0 spiro atoms. The van der Waals surface area contributed by atoms with Crippen molar-refractivity contribution in [1.29, 1.82) is 0 Å². The first-order valence-corrected chi connectivity index (χ1v) is 14.2. The van der Waals surface area contributed by atoms with E-state index in [2.05, 4.69) is 15.5 Å². The summed E-state index contributed by atoms with van der Waals surface area (Å²) in [7, 11) is -0.936. The molecule has 3 aromatic carbocycles. The lowest BCUT2D eigenvalue weighted by molar-refractivity contribution is 0.0964. The standard InChI is InChI=1S/C29H22F2N4O5S/c1-32-27(36)25-21-13-20(29-34-33-28(40-29)17-11-16-5-4-6-22(31)19(16)12-17)23(35(2)41(3,37)38)14-24(21)39-26(25)15-7-9-18(30)10-8-15/h4-10,12-14H,11H2,1-3H3,(H,32,36). The van der Waals surface area contributed by atoms with Crippen molar-refractivity contribution >= 4 is 44.2 Å². The van der Waals surface area contributed by atoms with Crippen LogP contribution < -0.4 is 9.62 Å². The SMILES string of the molecule is CNC(=O)c1c(-c2ccc(F)cc2)oc2cc(N(C)S(C)(=O)=O)c(-c3nnc(C4=Cc5c(F)cccc5C4)o3)cc12. The first kappa shape index (κ1) is 26.4. The van der Waals surface area contributed by atoms with Gasteiger partial charge in [0, 0.05) is 48.7 Å². The Morgan fingerprint density at radius 3 is 2.44 bits per heavy atom. The summed E-state index contributed by atoms with van der Waals surface area (Å²) in [5, 5.41) is 11.3. The zero-order valence-corrected chi connectivity index (χ0v) is 22.8. The summed E-state index contributed by atoms with van der Waals surface area (Å²) in [6, 6.07) is 13.3. The van der Waals surface area contributed by atoms with Gasteiger partial charge < -0.3 is 14.2 Å². The number of allylic oxidation sites excluding steroid dienone is 1. The molecule has 0 saturated heterocycles. The number of nitrogens with zero attached hydrogens (tertiary/aromatic N) is 3. The number of benzene rings is 3. The van der Waals surface area contributed by atoms with Gasteiger partial charge in [0.2, 0.25) is 21.8 Å². The van der Waals surface area contributed by atoms with E-state index in [0.29, 0.717) is 28.5 Å². The molecule has 9 nitrogen and oxygen atoms in total. The minimum Gasteiger partial charge on any atom is -0.455 e. The van der Waals surface area contributed by atoms with E-state index in [9.17, 15) is 22.0 Å². The van der Waals surface area contributed by atoms with Crippen LogP contribution >= 0.6 is 0 Å². The molecule has 208 valence electrons. The van der Waals surface area contributed by atoms with E-state index in [0.717, 1.165) is 16.1 Å². The quantitative estimate of drug-likeness (QED) is 0.292. The molecule has 2 heterocycles.